The van der Waals surface area contributed by atoms with Gasteiger partial charge in [0.15, 0.2) is 5.78 Å². The standard InChI is InChI=1S/C24H19BrF2O4/c1-29-23-12-6-16(13-18(23)15-30-21-4-2-3-19(25)14-21)5-11-22(28)17-7-9-20(10-8-17)31-24(26)27/h2-14,24H,15H2,1H3/b11-5+. The number of carbonyl (C=O) groups is 1. The highest BCUT2D eigenvalue weighted by Gasteiger charge is 2.08. The summed E-state index contributed by atoms with van der Waals surface area (Å²) in [4.78, 5) is 12.4. The second-order valence-corrected chi connectivity index (χ2v) is 7.33. The van der Waals surface area contributed by atoms with E-state index in [1.807, 2.05) is 36.4 Å². The van der Waals surface area contributed by atoms with Gasteiger partial charge in [-0.15, -0.1) is 0 Å². The molecule has 0 bridgehead atoms. The number of hydrogen-bond donors (Lipinski definition) is 0. The molecule has 0 radical (unpaired) electrons. The van der Waals surface area contributed by atoms with Gasteiger partial charge in [0.1, 0.15) is 23.9 Å². The predicted molar refractivity (Wildman–Crippen MR) is 118 cm³/mol. The molecule has 160 valence electrons. The van der Waals surface area contributed by atoms with Gasteiger partial charge in [-0.3, -0.25) is 4.79 Å². The minimum atomic E-state index is -2.90. The van der Waals surface area contributed by atoms with E-state index in [-0.39, 0.29) is 11.5 Å². The summed E-state index contributed by atoms with van der Waals surface area (Å²) >= 11 is 3.41. The van der Waals surface area contributed by atoms with Crippen LogP contribution < -0.4 is 14.2 Å². The van der Waals surface area contributed by atoms with E-state index in [1.54, 1.807) is 19.3 Å². The first-order valence-electron chi connectivity index (χ1n) is 9.27. The molecule has 7 heteroatoms. The van der Waals surface area contributed by atoms with Crippen molar-refractivity contribution in [3.05, 3.63) is 94.0 Å². The Kier molecular flexibility index (Phi) is 7.78. The molecule has 0 amide bonds. The van der Waals surface area contributed by atoms with Crippen molar-refractivity contribution in [2.45, 2.75) is 13.2 Å². The van der Waals surface area contributed by atoms with Crippen LogP contribution in [0.3, 0.4) is 0 Å². The van der Waals surface area contributed by atoms with Gasteiger partial charge in [0.2, 0.25) is 0 Å². The summed E-state index contributed by atoms with van der Waals surface area (Å²) in [7, 11) is 1.58. The topological polar surface area (TPSA) is 44.8 Å². The van der Waals surface area contributed by atoms with Crippen molar-refractivity contribution < 1.29 is 27.8 Å². The van der Waals surface area contributed by atoms with Crippen LogP contribution in [0.5, 0.6) is 17.2 Å². The van der Waals surface area contributed by atoms with Gasteiger partial charge in [-0.2, -0.15) is 8.78 Å². The summed E-state index contributed by atoms with van der Waals surface area (Å²) in [6.07, 6.45) is 3.09. The van der Waals surface area contributed by atoms with Gasteiger partial charge in [0.05, 0.1) is 7.11 Å². The fourth-order valence-electron chi connectivity index (χ4n) is 2.80. The molecule has 0 unspecified atom stereocenters. The number of ether oxygens (including phenoxy) is 3. The molecule has 0 N–H and O–H groups in total. The molecule has 0 aromatic heterocycles. The van der Waals surface area contributed by atoms with Crippen LogP contribution in [0.25, 0.3) is 6.08 Å². The van der Waals surface area contributed by atoms with Gasteiger partial charge in [0, 0.05) is 15.6 Å². The normalized spacial score (nSPS) is 11.0. The van der Waals surface area contributed by atoms with Crippen molar-refractivity contribution in [2.24, 2.45) is 0 Å². The van der Waals surface area contributed by atoms with Crippen LogP contribution in [0.2, 0.25) is 0 Å². The molecule has 31 heavy (non-hydrogen) atoms. The summed E-state index contributed by atoms with van der Waals surface area (Å²) in [6, 6.07) is 18.6. The Morgan fingerprint density at radius 2 is 1.81 bits per heavy atom. The first-order valence-corrected chi connectivity index (χ1v) is 10.1. The highest BCUT2D eigenvalue weighted by atomic mass is 79.9. The molecular formula is C24H19BrF2O4. The van der Waals surface area contributed by atoms with E-state index in [0.29, 0.717) is 23.7 Å². The lowest BCUT2D eigenvalue weighted by Crippen LogP contribution is -2.02. The Labute approximate surface area is 187 Å². The molecule has 0 spiro atoms. The molecule has 3 aromatic carbocycles. The van der Waals surface area contributed by atoms with E-state index < -0.39 is 6.61 Å². The van der Waals surface area contributed by atoms with Gasteiger partial charge in [-0.1, -0.05) is 34.1 Å². The van der Waals surface area contributed by atoms with Crippen molar-refractivity contribution in [3.63, 3.8) is 0 Å². The van der Waals surface area contributed by atoms with Gasteiger partial charge in [-0.25, -0.2) is 0 Å². The molecule has 4 nitrogen and oxygen atoms in total. The van der Waals surface area contributed by atoms with Crippen LogP contribution in [0.4, 0.5) is 8.78 Å². The number of ketones is 1. The first kappa shape index (κ1) is 22.5. The molecule has 0 aliphatic rings. The van der Waals surface area contributed by atoms with Crippen LogP contribution in [0, 0.1) is 0 Å². The van der Waals surface area contributed by atoms with Crippen LogP contribution in [0.1, 0.15) is 21.5 Å². The summed E-state index contributed by atoms with van der Waals surface area (Å²) in [5.41, 5.74) is 1.98. The number of rotatable bonds is 9. The first-order chi connectivity index (χ1) is 14.9. The van der Waals surface area contributed by atoms with Crippen LogP contribution in [-0.4, -0.2) is 19.5 Å². The highest BCUT2D eigenvalue weighted by Crippen LogP contribution is 2.24. The van der Waals surface area contributed by atoms with Gasteiger partial charge < -0.3 is 14.2 Å². The van der Waals surface area contributed by atoms with Crippen molar-refractivity contribution in [1.29, 1.82) is 0 Å². The van der Waals surface area contributed by atoms with Crippen LogP contribution in [-0.2, 0) is 6.61 Å². The van der Waals surface area contributed by atoms with Crippen molar-refractivity contribution in [3.8, 4) is 17.2 Å². The Morgan fingerprint density at radius 3 is 2.48 bits per heavy atom. The third-order valence-electron chi connectivity index (χ3n) is 4.29. The Bertz CT molecular complexity index is 1070. The molecule has 0 aliphatic heterocycles. The van der Waals surface area contributed by atoms with Crippen LogP contribution >= 0.6 is 15.9 Å². The number of alkyl halides is 2. The molecule has 0 saturated carbocycles. The van der Waals surface area contributed by atoms with Crippen molar-refractivity contribution in [2.75, 3.05) is 7.11 Å². The van der Waals surface area contributed by atoms with E-state index in [0.717, 1.165) is 15.6 Å². The maximum atomic E-state index is 12.4. The lowest BCUT2D eigenvalue weighted by atomic mass is 10.1. The maximum absolute atomic E-state index is 12.4. The molecular weight excluding hydrogens is 470 g/mol. The summed E-state index contributed by atoms with van der Waals surface area (Å²) in [5, 5.41) is 0. The van der Waals surface area contributed by atoms with E-state index in [9.17, 15) is 13.6 Å². The third kappa shape index (κ3) is 6.65. The van der Waals surface area contributed by atoms with E-state index in [1.165, 1.54) is 30.3 Å². The summed E-state index contributed by atoms with van der Waals surface area (Å²) < 4.78 is 40.9. The van der Waals surface area contributed by atoms with E-state index in [4.69, 9.17) is 9.47 Å². The number of allylic oxidation sites excluding steroid dienone is 1. The SMILES string of the molecule is COc1ccc(/C=C/C(=O)c2ccc(OC(F)F)cc2)cc1COc1cccc(Br)c1. The zero-order valence-corrected chi connectivity index (χ0v) is 18.1. The number of benzene rings is 3. The number of hydrogen-bond acceptors (Lipinski definition) is 4. The molecule has 0 heterocycles. The smallest absolute Gasteiger partial charge is 0.387 e. The molecule has 0 saturated heterocycles. The Morgan fingerprint density at radius 1 is 1.03 bits per heavy atom. The zero-order valence-electron chi connectivity index (χ0n) is 16.6. The fraction of sp³-hybridized carbons (Fsp3) is 0.125. The number of halogens is 3. The third-order valence-corrected chi connectivity index (χ3v) is 4.78. The van der Waals surface area contributed by atoms with Gasteiger partial charge in [0.25, 0.3) is 0 Å². The summed E-state index contributed by atoms with van der Waals surface area (Å²) in [5.74, 6) is 1.13. The lowest BCUT2D eigenvalue weighted by molar-refractivity contribution is -0.0498. The molecule has 3 aromatic rings. The molecule has 0 fully saturated rings. The summed E-state index contributed by atoms with van der Waals surface area (Å²) in [6.45, 7) is -2.61. The second-order valence-electron chi connectivity index (χ2n) is 6.42. The monoisotopic (exact) mass is 488 g/mol. The van der Waals surface area contributed by atoms with Crippen molar-refractivity contribution >= 4 is 27.8 Å². The zero-order chi connectivity index (χ0) is 22.2. The fourth-order valence-corrected chi connectivity index (χ4v) is 3.18. The van der Waals surface area contributed by atoms with Crippen LogP contribution in [0.15, 0.2) is 77.3 Å². The number of methoxy groups -OCH3 is 1. The van der Waals surface area contributed by atoms with E-state index in [2.05, 4.69) is 20.7 Å². The minimum Gasteiger partial charge on any atom is -0.496 e. The largest absolute Gasteiger partial charge is 0.496 e. The average Bonchev–Trinajstić information content (AvgIpc) is 2.76. The Balaban J connectivity index is 1.70. The lowest BCUT2D eigenvalue weighted by Gasteiger charge is -2.11. The van der Waals surface area contributed by atoms with Gasteiger partial charge in [-0.05, 0) is 66.2 Å². The number of carbonyl (C=O) groups excluding carboxylic acids is 1. The molecule has 0 atom stereocenters. The molecule has 3 rings (SSSR count). The second kappa shape index (κ2) is 10.7. The Hall–Kier alpha value is -3.19. The maximum Gasteiger partial charge on any atom is 0.387 e. The quantitative estimate of drug-likeness (QED) is 0.253. The van der Waals surface area contributed by atoms with E-state index >= 15 is 0 Å². The van der Waals surface area contributed by atoms with Gasteiger partial charge >= 0.3 is 6.61 Å². The minimum absolute atomic E-state index is 0.000714. The predicted octanol–water partition coefficient (Wildman–Crippen LogP) is 6.53. The average molecular weight is 489 g/mol. The molecule has 0 aliphatic carbocycles. The highest BCUT2D eigenvalue weighted by molar-refractivity contribution is 9.10. The van der Waals surface area contributed by atoms with Crippen molar-refractivity contribution in [1.82, 2.24) is 0 Å².